The molecule has 1 aromatic carbocycles. The molecular weight excluding hydrogens is 464 g/mol. The molecule has 3 N–H and O–H groups in total. The Balaban J connectivity index is 1.73. The lowest BCUT2D eigenvalue weighted by molar-refractivity contribution is -0.134. The number of rotatable bonds is 13. The van der Waals surface area contributed by atoms with Crippen molar-refractivity contribution >= 4 is 23.8 Å². The normalized spacial score (nSPS) is 17.1. The Labute approximate surface area is 212 Å². The van der Waals surface area contributed by atoms with Crippen LogP contribution in [0.4, 0.5) is 4.79 Å². The van der Waals surface area contributed by atoms with Crippen molar-refractivity contribution in [3.05, 3.63) is 48.3 Å². The smallest absolute Gasteiger partial charge is 0.407 e. The number of aliphatic hydroxyl groups is 1. The molecule has 2 amide bonds. The molecule has 0 spiro atoms. The Kier molecular flexibility index (Phi) is 9.63. The van der Waals surface area contributed by atoms with Gasteiger partial charge < -0.3 is 25.0 Å². The second-order valence-corrected chi connectivity index (χ2v) is 10.6. The number of aliphatic hydroxyl groups excluding tert-OH is 1. The summed E-state index contributed by atoms with van der Waals surface area (Å²) < 4.78 is 1.96. The largest absolute Gasteiger partial charge is 0.465 e. The van der Waals surface area contributed by atoms with Crippen LogP contribution in [0.5, 0.6) is 0 Å². The van der Waals surface area contributed by atoms with Crippen molar-refractivity contribution in [3.8, 4) is 0 Å². The number of nitrogens with zero attached hydrogens (tertiary/aromatic N) is 3. The van der Waals surface area contributed by atoms with Gasteiger partial charge in [-0.05, 0) is 37.2 Å². The Hall–Kier alpha value is -2.52. The fourth-order valence-corrected chi connectivity index (χ4v) is 5.83. The van der Waals surface area contributed by atoms with Crippen molar-refractivity contribution in [2.45, 2.75) is 75.7 Å². The van der Waals surface area contributed by atoms with Crippen molar-refractivity contribution in [1.29, 1.82) is 0 Å². The summed E-state index contributed by atoms with van der Waals surface area (Å²) >= 11 is 1.63. The molecule has 1 aliphatic carbocycles. The molecule has 192 valence electrons. The Morgan fingerprint density at radius 1 is 1.29 bits per heavy atom. The van der Waals surface area contributed by atoms with E-state index in [1.54, 1.807) is 18.0 Å². The second-order valence-electron chi connectivity index (χ2n) is 9.67. The SMILES string of the molecule is CCCC[C@@H](C(O)C(=O)N[C@H](C)c1ccccc1)N(CC1(CSc2nccn2C)CCC1)C(=O)O. The summed E-state index contributed by atoms with van der Waals surface area (Å²) in [4.78, 5) is 31.2. The Bertz CT molecular complexity index is 963. The molecule has 3 atom stereocenters. The van der Waals surface area contributed by atoms with Crippen LogP contribution in [0.1, 0.15) is 64.0 Å². The van der Waals surface area contributed by atoms with Crippen LogP contribution in [0, 0.1) is 5.41 Å². The summed E-state index contributed by atoms with van der Waals surface area (Å²) in [5.74, 6) is 0.203. The van der Waals surface area contributed by atoms with Gasteiger partial charge in [-0.1, -0.05) is 68.3 Å². The van der Waals surface area contributed by atoms with Gasteiger partial charge in [0.1, 0.15) is 0 Å². The molecule has 2 aromatic rings. The first-order chi connectivity index (χ1) is 16.8. The lowest BCUT2D eigenvalue weighted by atomic mass is 9.69. The minimum atomic E-state index is -1.44. The molecule has 1 saturated carbocycles. The van der Waals surface area contributed by atoms with Crippen LogP contribution < -0.4 is 5.32 Å². The number of carboxylic acid groups (broad SMARTS) is 1. The van der Waals surface area contributed by atoms with Crippen molar-refractivity contribution in [2.24, 2.45) is 12.5 Å². The fourth-order valence-electron chi connectivity index (χ4n) is 4.62. The molecule has 35 heavy (non-hydrogen) atoms. The topological polar surface area (TPSA) is 108 Å². The zero-order valence-corrected chi connectivity index (χ0v) is 21.7. The van der Waals surface area contributed by atoms with E-state index in [4.69, 9.17) is 0 Å². The highest BCUT2D eigenvalue weighted by molar-refractivity contribution is 7.99. The predicted molar refractivity (Wildman–Crippen MR) is 137 cm³/mol. The number of nitrogens with one attached hydrogen (secondary N) is 1. The fraction of sp³-hybridized carbons (Fsp3) is 0.577. The van der Waals surface area contributed by atoms with E-state index < -0.39 is 24.1 Å². The molecule has 1 aliphatic rings. The van der Waals surface area contributed by atoms with Gasteiger partial charge in [0.15, 0.2) is 11.3 Å². The molecule has 8 nitrogen and oxygen atoms in total. The highest BCUT2D eigenvalue weighted by Crippen LogP contribution is 2.45. The van der Waals surface area contributed by atoms with Crippen LogP contribution in [-0.2, 0) is 11.8 Å². The van der Waals surface area contributed by atoms with E-state index in [-0.39, 0.29) is 11.5 Å². The maximum atomic E-state index is 13.0. The highest BCUT2D eigenvalue weighted by Gasteiger charge is 2.43. The summed E-state index contributed by atoms with van der Waals surface area (Å²) in [6.45, 7) is 4.17. The molecular formula is C26H38N4O4S. The number of carbonyl (C=O) groups is 2. The third kappa shape index (κ3) is 7.01. The number of imidazole rings is 1. The van der Waals surface area contributed by atoms with Crippen LogP contribution >= 0.6 is 11.8 Å². The van der Waals surface area contributed by atoms with Crippen molar-refractivity contribution in [1.82, 2.24) is 19.8 Å². The molecule has 3 rings (SSSR count). The molecule has 1 unspecified atom stereocenters. The van der Waals surface area contributed by atoms with Crippen LogP contribution in [0.2, 0.25) is 0 Å². The number of hydrogen-bond donors (Lipinski definition) is 3. The summed E-state index contributed by atoms with van der Waals surface area (Å²) in [6, 6.07) is 8.42. The van der Waals surface area contributed by atoms with Crippen molar-refractivity contribution < 1.29 is 19.8 Å². The van der Waals surface area contributed by atoms with Crippen LogP contribution in [0.3, 0.4) is 0 Å². The van der Waals surface area contributed by atoms with Gasteiger partial charge in [-0.15, -0.1) is 0 Å². The summed E-state index contributed by atoms with van der Waals surface area (Å²) in [5, 5.41) is 25.0. The van der Waals surface area contributed by atoms with Gasteiger partial charge in [-0.2, -0.15) is 0 Å². The standard InChI is InChI=1S/C26H38N4O4S/c1-4-5-12-21(22(31)23(32)28-19(2)20-10-7-6-8-11-20)30(25(33)34)17-26(13-9-14-26)18-35-24-27-15-16-29(24)3/h6-8,10-11,15-16,19,21-22,31H,4-5,9,12-14,17-18H2,1-3H3,(H,28,32)(H,33,34)/t19-,21+,22?/m1/s1. The van der Waals surface area contributed by atoms with Crippen LogP contribution in [0.25, 0.3) is 0 Å². The maximum absolute atomic E-state index is 13.0. The van der Waals surface area contributed by atoms with E-state index >= 15 is 0 Å². The molecule has 0 aliphatic heterocycles. The second kappa shape index (κ2) is 12.4. The molecule has 9 heteroatoms. The van der Waals surface area contributed by atoms with Gasteiger partial charge in [0, 0.05) is 31.7 Å². The van der Waals surface area contributed by atoms with Crippen molar-refractivity contribution in [2.75, 3.05) is 12.3 Å². The number of carbonyl (C=O) groups excluding carboxylic acids is 1. The van der Waals surface area contributed by atoms with Gasteiger partial charge >= 0.3 is 6.09 Å². The van der Waals surface area contributed by atoms with E-state index in [9.17, 15) is 19.8 Å². The number of amides is 2. The molecule has 0 saturated heterocycles. The maximum Gasteiger partial charge on any atom is 0.407 e. The van der Waals surface area contributed by atoms with Gasteiger partial charge in [0.25, 0.3) is 5.91 Å². The van der Waals surface area contributed by atoms with E-state index in [1.165, 1.54) is 4.90 Å². The van der Waals surface area contributed by atoms with Gasteiger partial charge in [0.2, 0.25) is 0 Å². The van der Waals surface area contributed by atoms with Crippen LogP contribution in [0.15, 0.2) is 47.9 Å². The van der Waals surface area contributed by atoms with Gasteiger partial charge in [0.05, 0.1) is 12.1 Å². The molecule has 0 bridgehead atoms. The molecule has 1 aromatic heterocycles. The lowest BCUT2D eigenvalue weighted by Gasteiger charge is -2.46. The summed E-state index contributed by atoms with van der Waals surface area (Å²) in [6.07, 6.45) is 6.00. The average Bonchev–Trinajstić information content (AvgIpc) is 3.24. The monoisotopic (exact) mass is 502 g/mol. The van der Waals surface area contributed by atoms with E-state index in [2.05, 4.69) is 10.3 Å². The summed E-state index contributed by atoms with van der Waals surface area (Å²) in [7, 11) is 1.94. The zero-order valence-electron chi connectivity index (χ0n) is 20.9. The third-order valence-corrected chi connectivity index (χ3v) is 8.40. The minimum absolute atomic E-state index is 0.188. The first kappa shape index (κ1) is 27.1. The van der Waals surface area contributed by atoms with Gasteiger partial charge in [-0.25, -0.2) is 9.78 Å². The average molecular weight is 503 g/mol. The molecule has 0 radical (unpaired) electrons. The van der Waals surface area contributed by atoms with Crippen molar-refractivity contribution in [3.63, 3.8) is 0 Å². The first-order valence-corrected chi connectivity index (χ1v) is 13.4. The number of aryl methyl sites for hydroxylation is 1. The number of aromatic nitrogens is 2. The predicted octanol–water partition coefficient (Wildman–Crippen LogP) is 4.46. The number of unbranched alkanes of at least 4 members (excludes halogenated alkanes) is 1. The quantitative estimate of drug-likeness (QED) is 0.349. The minimum Gasteiger partial charge on any atom is -0.465 e. The van der Waals surface area contributed by atoms with E-state index in [0.29, 0.717) is 13.0 Å². The molecule has 1 heterocycles. The van der Waals surface area contributed by atoms with Crippen LogP contribution in [-0.4, -0.2) is 61.1 Å². The van der Waals surface area contributed by atoms with E-state index in [0.717, 1.165) is 48.6 Å². The summed E-state index contributed by atoms with van der Waals surface area (Å²) in [5.41, 5.74) is 0.737. The Morgan fingerprint density at radius 3 is 2.54 bits per heavy atom. The number of hydrogen-bond acceptors (Lipinski definition) is 5. The zero-order chi connectivity index (χ0) is 25.4. The third-order valence-electron chi connectivity index (χ3n) is 7.00. The van der Waals surface area contributed by atoms with E-state index in [1.807, 2.05) is 62.0 Å². The Morgan fingerprint density at radius 2 is 2.00 bits per heavy atom. The first-order valence-electron chi connectivity index (χ1n) is 12.4. The van der Waals surface area contributed by atoms with Gasteiger partial charge in [-0.3, -0.25) is 4.79 Å². The highest BCUT2D eigenvalue weighted by atomic mass is 32.2. The number of thioether (sulfide) groups is 1. The number of benzene rings is 1. The lowest BCUT2D eigenvalue weighted by Crippen LogP contribution is -2.56. The molecule has 1 fully saturated rings.